The second-order valence-corrected chi connectivity index (χ2v) is 4.71. The molecule has 0 aromatic heterocycles. The van der Waals surface area contributed by atoms with Gasteiger partial charge in [0.25, 0.3) is 5.24 Å². The van der Waals surface area contributed by atoms with Crippen LogP contribution < -0.4 is 5.32 Å². The summed E-state index contributed by atoms with van der Waals surface area (Å²) >= 11 is 1.14. The number of para-hydroxylation sites is 1. The minimum Gasteiger partial charge on any atom is -0.334 e. The van der Waals surface area contributed by atoms with Crippen LogP contribution in [0.4, 0.5) is 10.5 Å². The largest absolute Gasteiger partial charge is 0.334 e. The fourth-order valence-corrected chi connectivity index (χ4v) is 2.44. The molecule has 0 bridgehead atoms. The second kappa shape index (κ2) is 7.06. The third kappa shape index (κ3) is 4.07. The van der Waals surface area contributed by atoms with Crippen LogP contribution in [0.3, 0.4) is 0 Å². The molecule has 0 spiro atoms. The number of amides is 2. The van der Waals surface area contributed by atoms with Gasteiger partial charge in [-0.15, -0.1) is 0 Å². The number of carbonyl (C=O) groups excluding carboxylic acids is 2. The summed E-state index contributed by atoms with van der Waals surface area (Å²) in [5.74, 6) is -0.140. The average Bonchev–Trinajstić information content (AvgIpc) is 2.32. The zero-order valence-electron chi connectivity index (χ0n) is 10.9. The third-order valence-electron chi connectivity index (χ3n) is 2.42. The molecule has 18 heavy (non-hydrogen) atoms. The summed E-state index contributed by atoms with van der Waals surface area (Å²) in [5, 5.41) is 2.72. The van der Waals surface area contributed by atoms with E-state index >= 15 is 0 Å². The second-order valence-electron chi connectivity index (χ2n) is 3.72. The van der Waals surface area contributed by atoms with Gasteiger partial charge in [0.2, 0.25) is 5.91 Å². The monoisotopic (exact) mass is 266 g/mol. The lowest BCUT2D eigenvalue weighted by Crippen LogP contribution is -2.26. The first-order chi connectivity index (χ1) is 8.58. The minimum atomic E-state index is -0.140. The van der Waals surface area contributed by atoms with Crippen LogP contribution in [-0.4, -0.2) is 29.1 Å². The summed E-state index contributed by atoms with van der Waals surface area (Å²) in [6.07, 6.45) is 0. The van der Waals surface area contributed by atoms with E-state index < -0.39 is 0 Å². The summed E-state index contributed by atoms with van der Waals surface area (Å²) in [5.41, 5.74) is 0.676. The molecular formula is C13H18N2O2S. The molecule has 2 amide bonds. The van der Waals surface area contributed by atoms with Crippen molar-refractivity contribution in [1.82, 2.24) is 4.90 Å². The van der Waals surface area contributed by atoms with Crippen molar-refractivity contribution in [2.75, 3.05) is 18.4 Å². The molecule has 0 saturated heterocycles. The molecule has 1 aromatic rings. The van der Waals surface area contributed by atoms with E-state index in [1.165, 1.54) is 6.92 Å². The van der Waals surface area contributed by atoms with E-state index in [2.05, 4.69) is 5.32 Å². The van der Waals surface area contributed by atoms with Gasteiger partial charge in [-0.1, -0.05) is 12.1 Å². The maximum absolute atomic E-state index is 12.0. The van der Waals surface area contributed by atoms with Crippen molar-refractivity contribution in [2.45, 2.75) is 25.7 Å². The Morgan fingerprint density at radius 1 is 1.22 bits per heavy atom. The number of carbonyl (C=O) groups is 2. The van der Waals surface area contributed by atoms with Crippen LogP contribution in [0.2, 0.25) is 0 Å². The van der Waals surface area contributed by atoms with Gasteiger partial charge in [0.1, 0.15) is 0 Å². The van der Waals surface area contributed by atoms with Crippen molar-refractivity contribution < 1.29 is 9.59 Å². The normalized spacial score (nSPS) is 9.94. The highest BCUT2D eigenvalue weighted by Crippen LogP contribution is 2.28. The van der Waals surface area contributed by atoms with E-state index in [4.69, 9.17) is 0 Å². The van der Waals surface area contributed by atoms with Crippen molar-refractivity contribution in [3.8, 4) is 0 Å². The predicted octanol–water partition coefficient (Wildman–Crippen LogP) is 3.20. The number of thioether (sulfide) groups is 1. The Kier molecular flexibility index (Phi) is 5.71. The Labute approximate surface area is 112 Å². The van der Waals surface area contributed by atoms with Crippen LogP contribution in [0, 0.1) is 0 Å². The summed E-state index contributed by atoms with van der Waals surface area (Å²) in [6, 6.07) is 7.30. The van der Waals surface area contributed by atoms with E-state index in [0.717, 1.165) is 16.7 Å². The number of nitrogens with zero attached hydrogens (tertiary/aromatic N) is 1. The van der Waals surface area contributed by atoms with E-state index in [1.54, 1.807) is 11.0 Å². The Morgan fingerprint density at radius 2 is 1.83 bits per heavy atom. The highest BCUT2D eigenvalue weighted by molar-refractivity contribution is 8.13. The van der Waals surface area contributed by atoms with Crippen molar-refractivity contribution in [1.29, 1.82) is 0 Å². The van der Waals surface area contributed by atoms with Gasteiger partial charge < -0.3 is 10.2 Å². The fourth-order valence-electron chi connectivity index (χ4n) is 1.49. The Morgan fingerprint density at radius 3 is 2.39 bits per heavy atom. The Bertz CT molecular complexity index is 431. The van der Waals surface area contributed by atoms with Crippen LogP contribution in [0.25, 0.3) is 0 Å². The maximum Gasteiger partial charge on any atom is 0.286 e. The van der Waals surface area contributed by atoms with Crippen LogP contribution in [0.5, 0.6) is 0 Å². The topological polar surface area (TPSA) is 49.4 Å². The van der Waals surface area contributed by atoms with Gasteiger partial charge in [-0.05, 0) is 37.7 Å². The number of anilines is 1. The molecule has 0 atom stereocenters. The molecule has 1 aromatic carbocycles. The highest BCUT2D eigenvalue weighted by atomic mass is 32.2. The lowest BCUT2D eigenvalue weighted by Gasteiger charge is -2.18. The number of benzene rings is 1. The molecule has 1 N–H and O–H groups in total. The van der Waals surface area contributed by atoms with Crippen LogP contribution in [0.1, 0.15) is 20.8 Å². The molecule has 0 aliphatic rings. The summed E-state index contributed by atoms with van der Waals surface area (Å²) in [6.45, 7) is 6.71. The van der Waals surface area contributed by atoms with Gasteiger partial charge in [0, 0.05) is 24.9 Å². The van der Waals surface area contributed by atoms with Crippen molar-refractivity contribution >= 4 is 28.6 Å². The first-order valence-electron chi connectivity index (χ1n) is 5.91. The molecule has 0 fully saturated rings. The number of hydrogen-bond donors (Lipinski definition) is 1. The molecule has 4 nitrogen and oxygen atoms in total. The molecular weight excluding hydrogens is 248 g/mol. The number of rotatable bonds is 4. The van der Waals surface area contributed by atoms with Gasteiger partial charge in [0.15, 0.2) is 0 Å². The van der Waals surface area contributed by atoms with E-state index in [-0.39, 0.29) is 11.1 Å². The van der Waals surface area contributed by atoms with Crippen molar-refractivity contribution in [2.24, 2.45) is 0 Å². The van der Waals surface area contributed by atoms with Crippen LogP contribution in [-0.2, 0) is 4.79 Å². The number of nitrogens with one attached hydrogen (secondary N) is 1. The van der Waals surface area contributed by atoms with Crippen LogP contribution >= 0.6 is 11.8 Å². The van der Waals surface area contributed by atoms with Gasteiger partial charge >= 0.3 is 0 Å². The van der Waals surface area contributed by atoms with Gasteiger partial charge in [-0.2, -0.15) is 0 Å². The zero-order valence-corrected chi connectivity index (χ0v) is 11.7. The standard InChI is InChI=1S/C13H18N2O2S/c1-4-15(5-2)13(17)18-12-9-7-6-8-11(12)14-10(3)16/h6-9H,4-5H2,1-3H3,(H,14,16). The lowest BCUT2D eigenvalue weighted by molar-refractivity contribution is -0.114. The first kappa shape index (κ1) is 14.6. The Hall–Kier alpha value is -1.49. The van der Waals surface area contributed by atoms with E-state index in [0.29, 0.717) is 18.8 Å². The molecule has 0 saturated carbocycles. The molecule has 1 rings (SSSR count). The van der Waals surface area contributed by atoms with E-state index in [9.17, 15) is 9.59 Å². The zero-order chi connectivity index (χ0) is 13.5. The van der Waals surface area contributed by atoms with Crippen molar-refractivity contribution in [3.63, 3.8) is 0 Å². The summed E-state index contributed by atoms with van der Waals surface area (Å²) < 4.78 is 0. The molecule has 0 unspecified atom stereocenters. The molecule has 0 heterocycles. The third-order valence-corrected chi connectivity index (χ3v) is 3.43. The number of hydrogen-bond acceptors (Lipinski definition) is 3. The van der Waals surface area contributed by atoms with Crippen LogP contribution in [0.15, 0.2) is 29.2 Å². The fraction of sp³-hybridized carbons (Fsp3) is 0.385. The smallest absolute Gasteiger partial charge is 0.286 e. The van der Waals surface area contributed by atoms with E-state index in [1.807, 2.05) is 32.0 Å². The quantitative estimate of drug-likeness (QED) is 0.851. The molecule has 5 heteroatoms. The average molecular weight is 266 g/mol. The molecule has 0 radical (unpaired) electrons. The van der Waals surface area contributed by atoms with Gasteiger partial charge in [-0.3, -0.25) is 9.59 Å². The van der Waals surface area contributed by atoms with Gasteiger partial charge in [0.05, 0.1) is 5.69 Å². The highest BCUT2D eigenvalue weighted by Gasteiger charge is 2.14. The SMILES string of the molecule is CCN(CC)C(=O)Sc1ccccc1NC(C)=O. The molecule has 98 valence electrons. The lowest BCUT2D eigenvalue weighted by atomic mass is 10.3. The maximum atomic E-state index is 12.0. The summed E-state index contributed by atoms with van der Waals surface area (Å²) in [7, 11) is 0. The molecule has 0 aliphatic carbocycles. The van der Waals surface area contributed by atoms with Gasteiger partial charge in [-0.25, -0.2) is 0 Å². The minimum absolute atomic E-state index is 0.00204. The Balaban J connectivity index is 2.83. The first-order valence-corrected chi connectivity index (χ1v) is 6.73. The molecule has 0 aliphatic heterocycles. The van der Waals surface area contributed by atoms with Crippen molar-refractivity contribution in [3.05, 3.63) is 24.3 Å². The summed E-state index contributed by atoms with van der Waals surface area (Å²) in [4.78, 5) is 25.6. The predicted molar refractivity (Wildman–Crippen MR) is 74.9 cm³/mol.